The lowest BCUT2D eigenvalue weighted by Gasteiger charge is -2.24. The van der Waals surface area contributed by atoms with Crippen LogP contribution in [0.15, 0.2) is 48.5 Å². The first-order valence-corrected chi connectivity index (χ1v) is 12.1. The van der Waals surface area contributed by atoms with Crippen LogP contribution in [-0.2, 0) is 14.3 Å². The summed E-state index contributed by atoms with van der Waals surface area (Å²) in [5.41, 5.74) is 3.67. The third-order valence-corrected chi connectivity index (χ3v) is 8.97. The number of hydrogen-bond donors (Lipinski definition) is 3. The normalized spacial score (nSPS) is 19.1. The van der Waals surface area contributed by atoms with Crippen molar-refractivity contribution in [2.24, 2.45) is 10.8 Å². The minimum absolute atomic E-state index is 0.0255. The summed E-state index contributed by atoms with van der Waals surface area (Å²) in [4.78, 5) is 37.1. The van der Waals surface area contributed by atoms with E-state index in [9.17, 15) is 14.4 Å². The highest BCUT2D eigenvalue weighted by Gasteiger charge is 2.75. The lowest BCUT2D eigenvalue weighted by atomic mass is 9.98. The molecule has 0 saturated heterocycles. The molecular weight excluding hydrogens is 444 g/mol. The number of rotatable bonds is 8. The number of carbonyl (C=O) groups is 3. The van der Waals surface area contributed by atoms with Gasteiger partial charge in [-0.05, 0) is 46.4 Å². The number of carboxylic acid groups (broad SMARTS) is 1. The maximum atomic E-state index is 13.1. The van der Waals surface area contributed by atoms with Crippen LogP contribution in [0.3, 0.4) is 0 Å². The molecule has 7 nitrogen and oxygen atoms in total. The summed E-state index contributed by atoms with van der Waals surface area (Å²) in [6.07, 6.45) is -1.01. The zero-order valence-corrected chi connectivity index (χ0v) is 21.0. The molecular formula is C28H34N2O5. The van der Waals surface area contributed by atoms with Gasteiger partial charge in [-0.2, -0.15) is 0 Å². The van der Waals surface area contributed by atoms with Gasteiger partial charge < -0.3 is 20.5 Å². The Hall–Kier alpha value is -3.35. The molecule has 186 valence electrons. The van der Waals surface area contributed by atoms with Crippen LogP contribution >= 0.6 is 0 Å². The van der Waals surface area contributed by atoms with Gasteiger partial charge in [-0.3, -0.25) is 9.59 Å². The Kier molecular flexibility index (Phi) is 6.16. The largest absolute Gasteiger partial charge is 0.481 e. The lowest BCUT2D eigenvalue weighted by molar-refractivity contribution is -0.137. The van der Waals surface area contributed by atoms with Crippen molar-refractivity contribution in [1.82, 2.24) is 10.6 Å². The van der Waals surface area contributed by atoms with Gasteiger partial charge in [0, 0.05) is 17.9 Å². The molecule has 2 aliphatic rings. The van der Waals surface area contributed by atoms with E-state index in [0.717, 1.165) is 22.3 Å². The Labute approximate surface area is 206 Å². The molecule has 1 saturated carbocycles. The second-order valence-electron chi connectivity index (χ2n) is 10.8. The van der Waals surface area contributed by atoms with Gasteiger partial charge in [-0.1, -0.05) is 76.2 Å². The topological polar surface area (TPSA) is 105 Å². The summed E-state index contributed by atoms with van der Waals surface area (Å²) in [5, 5.41) is 14.8. The van der Waals surface area contributed by atoms with Crippen LogP contribution in [0, 0.1) is 10.8 Å². The van der Waals surface area contributed by atoms with E-state index in [4.69, 9.17) is 9.84 Å². The molecule has 0 spiro atoms. The first-order chi connectivity index (χ1) is 16.4. The van der Waals surface area contributed by atoms with E-state index in [1.165, 1.54) is 0 Å². The van der Waals surface area contributed by atoms with Crippen LogP contribution in [0.25, 0.3) is 11.1 Å². The van der Waals surface area contributed by atoms with Gasteiger partial charge in [-0.15, -0.1) is 0 Å². The standard InChI is InChI=1S/C28H34N2O5/c1-26(2)27(3,4)28(26,5)30-24(33)22(14-15-23(31)32)29-25(34)35-16-21-19-12-8-6-10-17(19)18-11-7-9-13-20(18)21/h6-13,21-22H,14-16H2,1-5H3,(H,29,34)(H,30,33)(H,31,32). The fourth-order valence-electron chi connectivity index (χ4n) is 5.56. The third kappa shape index (κ3) is 4.07. The summed E-state index contributed by atoms with van der Waals surface area (Å²) in [7, 11) is 0. The maximum Gasteiger partial charge on any atom is 0.407 e. The number of ether oxygens (including phenoxy) is 1. The average Bonchev–Trinajstić information content (AvgIpc) is 3.03. The van der Waals surface area contributed by atoms with E-state index >= 15 is 0 Å². The number of amides is 2. The molecule has 1 atom stereocenters. The zero-order valence-electron chi connectivity index (χ0n) is 21.0. The highest BCUT2D eigenvalue weighted by atomic mass is 16.5. The minimum Gasteiger partial charge on any atom is -0.481 e. The van der Waals surface area contributed by atoms with Crippen LogP contribution in [0.1, 0.15) is 64.5 Å². The molecule has 1 fully saturated rings. The Morgan fingerprint density at radius 3 is 1.91 bits per heavy atom. The SMILES string of the molecule is CC1(C)C(C)(C)C1(C)NC(=O)C(CCC(=O)O)NC(=O)OCC1c2ccccc2-c2ccccc21. The van der Waals surface area contributed by atoms with Crippen LogP contribution in [0.2, 0.25) is 0 Å². The molecule has 0 aromatic heterocycles. The summed E-state index contributed by atoms with van der Waals surface area (Å²) >= 11 is 0. The third-order valence-electron chi connectivity index (χ3n) is 8.97. The van der Waals surface area contributed by atoms with E-state index in [2.05, 4.69) is 50.5 Å². The lowest BCUT2D eigenvalue weighted by Crippen LogP contribution is -2.52. The monoisotopic (exact) mass is 478 g/mol. The number of carboxylic acids is 1. The first kappa shape index (κ1) is 24.8. The van der Waals surface area contributed by atoms with Gasteiger partial charge >= 0.3 is 12.1 Å². The Bertz CT molecular complexity index is 1110. The second kappa shape index (κ2) is 8.70. The summed E-state index contributed by atoms with van der Waals surface area (Å²) in [5.74, 6) is -1.54. The smallest absolute Gasteiger partial charge is 0.407 e. The molecule has 2 amide bonds. The maximum absolute atomic E-state index is 13.1. The number of nitrogens with one attached hydrogen (secondary N) is 2. The summed E-state index contributed by atoms with van der Waals surface area (Å²) < 4.78 is 5.58. The predicted molar refractivity (Wildman–Crippen MR) is 133 cm³/mol. The predicted octanol–water partition coefficient (Wildman–Crippen LogP) is 4.70. The van der Waals surface area contributed by atoms with Crippen molar-refractivity contribution < 1.29 is 24.2 Å². The molecule has 0 bridgehead atoms. The van der Waals surface area contributed by atoms with Crippen molar-refractivity contribution >= 4 is 18.0 Å². The van der Waals surface area contributed by atoms with Crippen molar-refractivity contribution in [3.63, 3.8) is 0 Å². The molecule has 1 unspecified atom stereocenters. The Balaban J connectivity index is 1.43. The summed E-state index contributed by atoms with van der Waals surface area (Å²) in [6.45, 7) is 10.4. The number of fused-ring (bicyclic) bond motifs is 3. The van der Waals surface area contributed by atoms with Crippen LogP contribution in [0.5, 0.6) is 0 Å². The zero-order chi connectivity index (χ0) is 25.6. The highest BCUT2D eigenvalue weighted by molar-refractivity contribution is 5.87. The number of carbonyl (C=O) groups excluding carboxylic acids is 2. The molecule has 0 heterocycles. The quantitative estimate of drug-likeness (QED) is 0.510. The first-order valence-electron chi connectivity index (χ1n) is 12.1. The Morgan fingerprint density at radius 1 is 0.914 bits per heavy atom. The van der Waals surface area contributed by atoms with Crippen LogP contribution < -0.4 is 10.6 Å². The molecule has 0 radical (unpaired) electrons. The van der Waals surface area contributed by atoms with E-state index in [0.29, 0.717) is 0 Å². The fraction of sp³-hybridized carbons (Fsp3) is 0.464. The highest BCUT2D eigenvalue weighted by Crippen LogP contribution is 2.71. The average molecular weight is 479 g/mol. The molecule has 2 aromatic carbocycles. The van der Waals surface area contributed by atoms with E-state index in [-0.39, 0.29) is 36.2 Å². The van der Waals surface area contributed by atoms with Crippen molar-refractivity contribution in [1.29, 1.82) is 0 Å². The van der Waals surface area contributed by atoms with E-state index in [1.807, 2.05) is 43.3 Å². The number of aliphatic carboxylic acids is 1. The van der Waals surface area contributed by atoms with Gasteiger partial charge in [0.25, 0.3) is 0 Å². The minimum atomic E-state index is -1.03. The van der Waals surface area contributed by atoms with Crippen LogP contribution in [-0.4, -0.2) is 41.3 Å². The van der Waals surface area contributed by atoms with Gasteiger partial charge in [0.2, 0.25) is 5.91 Å². The molecule has 2 aromatic rings. The van der Waals surface area contributed by atoms with Crippen molar-refractivity contribution in [3.8, 4) is 11.1 Å². The van der Waals surface area contributed by atoms with Gasteiger partial charge in [0.1, 0.15) is 12.6 Å². The van der Waals surface area contributed by atoms with Crippen molar-refractivity contribution in [2.45, 2.75) is 65.0 Å². The van der Waals surface area contributed by atoms with Crippen molar-refractivity contribution in [3.05, 3.63) is 59.7 Å². The van der Waals surface area contributed by atoms with Crippen molar-refractivity contribution in [2.75, 3.05) is 6.61 Å². The van der Waals surface area contributed by atoms with Crippen LogP contribution in [0.4, 0.5) is 4.79 Å². The molecule has 4 rings (SSSR count). The molecule has 7 heteroatoms. The fourth-order valence-corrected chi connectivity index (χ4v) is 5.56. The van der Waals surface area contributed by atoms with Gasteiger partial charge in [-0.25, -0.2) is 4.79 Å². The summed E-state index contributed by atoms with van der Waals surface area (Å²) in [6, 6.07) is 15.1. The van der Waals surface area contributed by atoms with Gasteiger partial charge in [0.15, 0.2) is 0 Å². The van der Waals surface area contributed by atoms with E-state index < -0.39 is 29.6 Å². The molecule has 0 aliphatic heterocycles. The molecule has 3 N–H and O–H groups in total. The van der Waals surface area contributed by atoms with E-state index in [1.54, 1.807) is 0 Å². The number of alkyl carbamates (subject to hydrolysis) is 1. The number of hydrogen-bond acceptors (Lipinski definition) is 4. The molecule has 2 aliphatic carbocycles. The number of benzene rings is 2. The Morgan fingerprint density at radius 2 is 1.43 bits per heavy atom. The van der Waals surface area contributed by atoms with Gasteiger partial charge in [0.05, 0.1) is 0 Å². The second-order valence-corrected chi connectivity index (χ2v) is 10.8. The molecule has 35 heavy (non-hydrogen) atoms.